The van der Waals surface area contributed by atoms with E-state index >= 15 is 0 Å². The van der Waals surface area contributed by atoms with E-state index in [1.165, 1.54) is 6.20 Å². The van der Waals surface area contributed by atoms with Crippen LogP contribution in [0.3, 0.4) is 0 Å². The van der Waals surface area contributed by atoms with Crippen molar-refractivity contribution in [2.45, 2.75) is 6.18 Å². The molecule has 0 saturated carbocycles. The number of esters is 1. The van der Waals surface area contributed by atoms with E-state index in [1.54, 1.807) is 30.3 Å². The van der Waals surface area contributed by atoms with Crippen LogP contribution in [-0.4, -0.2) is 42.2 Å². The second-order valence-electron chi connectivity index (χ2n) is 6.59. The summed E-state index contributed by atoms with van der Waals surface area (Å²) < 4.78 is 48.4. The maximum Gasteiger partial charge on any atom is 0.416 e. The van der Waals surface area contributed by atoms with E-state index in [1.807, 2.05) is 0 Å². The number of aromatic nitrogens is 2. The number of anilines is 2. The SMILES string of the molecule is COC(=O)COCC(=O)N(c1ccc(C(F)(F)F)cc1)c1nccc(-c2cccc(Cl)c2)n1. The zero-order chi connectivity index (χ0) is 24.0. The number of methoxy groups -OCH3 is 1. The zero-order valence-corrected chi connectivity index (χ0v) is 17.9. The number of halogens is 4. The maximum absolute atomic E-state index is 13.0. The van der Waals surface area contributed by atoms with Gasteiger partial charge in [0.15, 0.2) is 0 Å². The van der Waals surface area contributed by atoms with Crippen molar-refractivity contribution >= 4 is 35.1 Å². The average molecular weight is 480 g/mol. The Kier molecular flexibility index (Phi) is 7.62. The summed E-state index contributed by atoms with van der Waals surface area (Å²) in [5.41, 5.74) is 0.280. The van der Waals surface area contributed by atoms with Gasteiger partial charge in [0.2, 0.25) is 5.95 Å². The van der Waals surface area contributed by atoms with Gasteiger partial charge in [-0.3, -0.25) is 4.79 Å². The van der Waals surface area contributed by atoms with Gasteiger partial charge in [0.25, 0.3) is 5.91 Å². The standard InChI is InChI=1S/C22H17ClF3N3O4/c1-32-20(31)13-33-12-19(30)29(17-7-5-15(6-8-17)22(24,25)26)21-27-10-9-18(28-21)14-3-2-4-16(23)11-14/h2-11H,12-13H2,1H3. The Morgan fingerprint density at radius 3 is 2.42 bits per heavy atom. The third-order valence-electron chi connectivity index (χ3n) is 4.34. The number of hydrogen-bond acceptors (Lipinski definition) is 6. The van der Waals surface area contributed by atoms with Gasteiger partial charge in [-0.2, -0.15) is 13.2 Å². The molecule has 172 valence electrons. The minimum Gasteiger partial charge on any atom is -0.467 e. The highest BCUT2D eigenvalue weighted by Crippen LogP contribution is 2.32. The summed E-state index contributed by atoms with van der Waals surface area (Å²) in [4.78, 5) is 33.7. The van der Waals surface area contributed by atoms with Crippen LogP contribution in [0.4, 0.5) is 24.8 Å². The van der Waals surface area contributed by atoms with E-state index in [9.17, 15) is 22.8 Å². The van der Waals surface area contributed by atoms with Crippen molar-refractivity contribution in [3.63, 3.8) is 0 Å². The lowest BCUT2D eigenvalue weighted by atomic mass is 10.1. The monoisotopic (exact) mass is 479 g/mol. The number of alkyl halides is 3. The highest BCUT2D eigenvalue weighted by molar-refractivity contribution is 6.30. The predicted molar refractivity (Wildman–Crippen MR) is 114 cm³/mol. The molecule has 0 radical (unpaired) electrons. The first-order valence-corrected chi connectivity index (χ1v) is 9.80. The molecule has 7 nitrogen and oxygen atoms in total. The highest BCUT2D eigenvalue weighted by atomic mass is 35.5. The Bertz CT molecular complexity index is 1140. The molecule has 0 unspecified atom stereocenters. The van der Waals surface area contributed by atoms with Crippen molar-refractivity contribution in [2.24, 2.45) is 0 Å². The van der Waals surface area contributed by atoms with Crippen LogP contribution in [0.5, 0.6) is 0 Å². The lowest BCUT2D eigenvalue weighted by Crippen LogP contribution is -2.32. The number of carbonyl (C=O) groups excluding carboxylic acids is 2. The number of ether oxygens (including phenoxy) is 2. The Morgan fingerprint density at radius 2 is 1.79 bits per heavy atom. The zero-order valence-electron chi connectivity index (χ0n) is 17.2. The number of rotatable bonds is 7. The van der Waals surface area contributed by atoms with Crippen LogP contribution in [0.15, 0.2) is 60.8 Å². The van der Waals surface area contributed by atoms with Crippen LogP contribution >= 0.6 is 11.6 Å². The smallest absolute Gasteiger partial charge is 0.416 e. The first kappa shape index (κ1) is 24.1. The molecule has 1 heterocycles. The van der Waals surface area contributed by atoms with Gasteiger partial charge in [-0.15, -0.1) is 0 Å². The number of carbonyl (C=O) groups is 2. The van der Waals surface area contributed by atoms with Crippen molar-refractivity contribution in [1.29, 1.82) is 0 Å². The molecule has 0 aliphatic carbocycles. The van der Waals surface area contributed by atoms with Gasteiger partial charge in [0.05, 0.1) is 24.1 Å². The van der Waals surface area contributed by atoms with Gasteiger partial charge in [-0.1, -0.05) is 23.7 Å². The van der Waals surface area contributed by atoms with E-state index in [0.717, 1.165) is 36.3 Å². The minimum absolute atomic E-state index is 0.0814. The molecule has 2 aromatic carbocycles. The first-order chi connectivity index (χ1) is 15.7. The Labute approximate surface area is 191 Å². The van der Waals surface area contributed by atoms with E-state index in [0.29, 0.717) is 16.3 Å². The van der Waals surface area contributed by atoms with E-state index in [4.69, 9.17) is 16.3 Å². The van der Waals surface area contributed by atoms with Crippen LogP contribution in [0.25, 0.3) is 11.3 Å². The number of nitrogens with zero attached hydrogens (tertiary/aromatic N) is 3. The minimum atomic E-state index is -4.54. The second kappa shape index (κ2) is 10.4. The number of hydrogen-bond donors (Lipinski definition) is 0. The molecule has 3 rings (SSSR count). The lowest BCUT2D eigenvalue weighted by Gasteiger charge is -2.22. The largest absolute Gasteiger partial charge is 0.467 e. The third-order valence-corrected chi connectivity index (χ3v) is 4.57. The van der Waals surface area contributed by atoms with Crippen molar-refractivity contribution in [2.75, 3.05) is 25.2 Å². The third kappa shape index (κ3) is 6.27. The van der Waals surface area contributed by atoms with E-state index in [-0.39, 0.29) is 11.6 Å². The summed E-state index contributed by atoms with van der Waals surface area (Å²) in [6.45, 7) is -1.05. The summed E-state index contributed by atoms with van der Waals surface area (Å²) >= 11 is 6.04. The fraction of sp³-hybridized carbons (Fsp3) is 0.182. The normalized spacial score (nSPS) is 11.2. The fourth-order valence-electron chi connectivity index (χ4n) is 2.78. The quantitative estimate of drug-likeness (QED) is 0.458. The van der Waals surface area contributed by atoms with Gasteiger partial charge < -0.3 is 9.47 Å². The fourth-order valence-corrected chi connectivity index (χ4v) is 2.97. The molecule has 1 amide bonds. The Balaban J connectivity index is 1.97. The van der Waals surface area contributed by atoms with Crippen molar-refractivity contribution in [3.8, 4) is 11.3 Å². The molecule has 33 heavy (non-hydrogen) atoms. The number of amides is 1. The van der Waals surface area contributed by atoms with Crippen LogP contribution in [0.2, 0.25) is 5.02 Å². The number of benzene rings is 2. The molecule has 1 aromatic heterocycles. The van der Waals surface area contributed by atoms with Gasteiger partial charge in [-0.25, -0.2) is 19.7 Å². The summed E-state index contributed by atoms with van der Waals surface area (Å²) in [5.74, 6) is -1.50. The molecule has 0 atom stereocenters. The van der Waals surface area contributed by atoms with Gasteiger partial charge in [-0.05, 0) is 42.5 Å². The topological polar surface area (TPSA) is 81.6 Å². The summed E-state index contributed by atoms with van der Waals surface area (Å²) in [7, 11) is 1.16. The van der Waals surface area contributed by atoms with E-state index in [2.05, 4.69) is 14.7 Å². The van der Waals surface area contributed by atoms with Crippen LogP contribution in [0.1, 0.15) is 5.56 Å². The van der Waals surface area contributed by atoms with Crippen molar-refractivity contribution in [1.82, 2.24) is 9.97 Å². The average Bonchev–Trinajstić information content (AvgIpc) is 2.79. The van der Waals surface area contributed by atoms with E-state index < -0.39 is 36.8 Å². The molecule has 0 fully saturated rings. The van der Waals surface area contributed by atoms with Gasteiger partial charge in [0, 0.05) is 16.8 Å². The molecule has 0 bridgehead atoms. The molecule has 0 saturated heterocycles. The lowest BCUT2D eigenvalue weighted by molar-refractivity contribution is -0.146. The molecule has 0 N–H and O–H groups in total. The molecular weight excluding hydrogens is 463 g/mol. The molecule has 0 aliphatic rings. The summed E-state index contributed by atoms with van der Waals surface area (Å²) in [5, 5.41) is 0.472. The van der Waals surface area contributed by atoms with Crippen LogP contribution in [0, 0.1) is 0 Å². The first-order valence-electron chi connectivity index (χ1n) is 9.43. The van der Waals surface area contributed by atoms with Gasteiger partial charge in [0.1, 0.15) is 13.2 Å². The van der Waals surface area contributed by atoms with Crippen molar-refractivity contribution < 1.29 is 32.2 Å². The molecule has 11 heteroatoms. The molecule has 0 spiro atoms. The second-order valence-corrected chi connectivity index (χ2v) is 7.03. The predicted octanol–water partition coefficient (Wildman–Crippen LogP) is 4.67. The van der Waals surface area contributed by atoms with Crippen LogP contribution < -0.4 is 4.90 Å². The van der Waals surface area contributed by atoms with Crippen molar-refractivity contribution in [3.05, 3.63) is 71.4 Å². The molecule has 3 aromatic rings. The molecular formula is C22H17ClF3N3O4. The van der Waals surface area contributed by atoms with Gasteiger partial charge >= 0.3 is 12.1 Å². The maximum atomic E-state index is 13.0. The Hall–Kier alpha value is -3.50. The highest BCUT2D eigenvalue weighted by Gasteiger charge is 2.31. The molecule has 0 aliphatic heterocycles. The Morgan fingerprint density at radius 1 is 1.06 bits per heavy atom. The van der Waals surface area contributed by atoms with Crippen LogP contribution in [-0.2, 0) is 25.2 Å². The summed E-state index contributed by atoms with van der Waals surface area (Å²) in [6, 6.07) is 12.3. The summed E-state index contributed by atoms with van der Waals surface area (Å²) in [6.07, 6.45) is -3.14.